The fraction of sp³-hybridized carbons (Fsp3) is 0.600. The minimum atomic E-state index is 0.306. The Labute approximate surface area is 89.1 Å². The van der Waals surface area contributed by atoms with Crippen molar-refractivity contribution in [3.05, 3.63) is 12.3 Å². The SMILES string of the molecule is CCOC1CC(Nc2ccnc(N)n2)C1. The molecule has 3 N–H and O–H groups in total. The summed E-state index contributed by atoms with van der Waals surface area (Å²) in [6.07, 6.45) is 4.14. The average Bonchev–Trinajstić information content (AvgIpc) is 2.15. The monoisotopic (exact) mass is 208 g/mol. The zero-order chi connectivity index (χ0) is 10.7. The third-order valence-corrected chi connectivity index (χ3v) is 2.52. The van der Waals surface area contributed by atoms with Crippen molar-refractivity contribution in [2.24, 2.45) is 0 Å². The molecule has 1 aromatic rings. The van der Waals surface area contributed by atoms with Gasteiger partial charge in [0.25, 0.3) is 0 Å². The van der Waals surface area contributed by atoms with E-state index in [1.165, 1.54) is 0 Å². The highest BCUT2D eigenvalue weighted by molar-refractivity contribution is 5.38. The standard InChI is InChI=1S/C10H16N4O/c1-2-15-8-5-7(6-8)13-9-3-4-12-10(11)14-9/h3-4,7-8H,2,5-6H2,1H3,(H3,11,12,13,14). The molecule has 0 aliphatic heterocycles. The van der Waals surface area contributed by atoms with Gasteiger partial charge in [-0.2, -0.15) is 4.98 Å². The largest absolute Gasteiger partial charge is 0.378 e. The van der Waals surface area contributed by atoms with Gasteiger partial charge in [0.2, 0.25) is 5.95 Å². The Morgan fingerprint density at radius 1 is 1.60 bits per heavy atom. The van der Waals surface area contributed by atoms with E-state index in [4.69, 9.17) is 10.5 Å². The van der Waals surface area contributed by atoms with Crippen molar-refractivity contribution in [1.82, 2.24) is 9.97 Å². The maximum absolute atomic E-state index is 5.48. The average molecular weight is 208 g/mol. The molecule has 1 fully saturated rings. The molecule has 0 saturated heterocycles. The number of nitrogen functional groups attached to an aromatic ring is 1. The Morgan fingerprint density at radius 3 is 3.07 bits per heavy atom. The normalized spacial score (nSPS) is 24.6. The summed E-state index contributed by atoms with van der Waals surface area (Å²) < 4.78 is 5.47. The second-order valence-corrected chi connectivity index (χ2v) is 3.69. The minimum Gasteiger partial charge on any atom is -0.378 e. The van der Waals surface area contributed by atoms with Gasteiger partial charge >= 0.3 is 0 Å². The lowest BCUT2D eigenvalue weighted by atomic mass is 9.89. The molecule has 0 bridgehead atoms. The predicted octanol–water partition coefficient (Wildman–Crippen LogP) is 1.04. The van der Waals surface area contributed by atoms with Gasteiger partial charge < -0.3 is 15.8 Å². The van der Waals surface area contributed by atoms with Gasteiger partial charge in [0.1, 0.15) is 5.82 Å². The number of anilines is 2. The van der Waals surface area contributed by atoms with Gasteiger partial charge in [0, 0.05) is 18.8 Å². The topological polar surface area (TPSA) is 73.1 Å². The van der Waals surface area contributed by atoms with Crippen molar-refractivity contribution in [2.45, 2.75) is 31.9 Å². The molecule has 5 nitrogen and oxygen atoms in total. The summed E-state index contributed by atoms with van der Waals surface area (Å²) in [4.78, 5) is 7.92. The number of nitrogens with two attached hydrogens (primary N) is 1. The van der Waals surface area contributed by atoms with Crippen LogP contribution in [0.2, 0.25) is 0 Å². The number of nitrogens with one attached hydrogen (secondary N) is 1. The minimum absolute atomic E-state index is 0.306. The van der Waals surface area contributed by atoms with Crippen molar-refractivity contribution in [1.29, 1.82) is 0 Å². The summed E-state index contributed by atoms with van der Waals surface area (Å²) in [6.45, 7) is 2.81. The molecule has 0 unspecified atom stereocenters. The van der Waals surface area contributed by atoms with Crippen LogP contribution in [0.5, 0.6) is 0 Å². The smallest absolute Gasteiger partial charge is 0.221 e. The molecule has 0 radical (unpaired) electrons. The van der Waals surface area contributed by atoms with Crippen LogP contribution >= 0.6 is 0 Å². The summed E-state index contributed by atoms with van der Waals surface area (Å²) in [5, 5.41) is 3.30. The fourth-order valence-electron chi connectivity index (χ4n) is 1.72. The van der Waals surface area contributed by atoms with Gasteiger partial charge in [-0.15, -0.1) is 0 Å². The molecule has 1 saturated carbocycles. The first kappa shape index (κ1) is 10.2. The first-order valence-electron chi connectivity index (χ1n) is 5.24. The van der Waals surface area contributed by atoms with Crippen molar-refractivity contribution in [3.8, 4) is 0 Å². The van der Waals surface area contributed by atoms with Crippen LogP contribution in [0, 0.1) is 0 Å². The third-order valence-electron chi connectivity index (χ3n) is 2.52. The van der Waals surface area contributed by atoms with Crippen LogP contribution in [0.15, 0.2) is 12.3 Å². The fourth-order valence-corrected chi connectivity index (χ4v) is 1.72. The number of rotatable bonds is 4. The van der Waals surface area contributed by atoms with Gasteiger partial charge in [0.15, 0.2) is 0 Å². The van der Waals surface area contributed by atoms with Gasteiger partial charge in [0.05, 0.1) is 6.10 Å². The van der Waals surface area contributed by atoms with Gasteiger partial charge in [-0.25, -0.2) is 4.98 Å². The molecular formula is C10H16N4O. The Hall–Kier alpha value is -1.36. The van der Waals surface area contributed by atoms with Crippen molar-refractivity contribution in [2.75, 3.05) is 17.7 Å². The van der Waals surface area contributed by atoms with Crippen LogP contribution < -0.4 is 11.1 Å². The van der Waals surface area contributed by atoms with Crippen molar-refractivity contribution >= 4 is 11.8 Å². The quantitative estimate of drug-likeness (QED) is 0.773. The van der Waals surface area contributed by atoms with Gasteiger partial charge in [-0.1, -0.05) is 0 Å². The van der Waals surface area contributed by atoms with Crippen LogP contribution in [0.4, 0.5) is 11.8 Å². The molecule has 0 spiro atoms. The summed E-state index contributed by atoms with van der Waals surface area (Å²) in [7, 11) is 0. The first-order chi connectivity index (χ1) is 7.28. The summed E-state index contributed by atoms with van der Waals surface area (Å²) in [6, 6.07) is 2.28. The van der Waals surface area contributed by atoms with Crippen LogP contribution in [0.25, 0.3) is 0 Å². The number of aromatic nitrogens is 2. The lowest BCUT2D eigenvalue weighted by Crippen LogP contribution is -2.41. The number of hydrogen-bond donors (Lipinski definition) is 2. The second kappa shape index (κ2) is 4.44. The highest BCUT2D eigenvalue weighted by atomic mass is 16.5. The molecule has 15 heavy (non-hydrogen) atoms. The molecule has 0 atom stereocenters. The molecule has 2 rings (SSSR count). The molecule has 0 aromatic carbocycles. The van der Waals surface area contributed by atoms with Crippen LogP contribution in [0.3, 0.4) is 0 Å². The second-order valence-electron chi connectivity index (χ2n) is 3.69. The third kappa shape index (κ3) is 2.56. The lowest BCUT2D eigenvalue weighted by molar-refractivity contribution is 0.00293. The molecule has 0 amide bonds. The Morgan fingerprint density at radius 2 is 2.40 bits per heavy atom. The highest BCUT2D eigenvalue weighted by Crippen LogP contribution is 2.26. The number of hydrogen-bond acceptors (Lipinski definition) is 5. The van der Waals surface area contributed by atoms with Crippen LogP contribution in [-0.2, 0) is 4.74 Å². The zero-order valence-corrected chi connectivity index (χ0v) is 8.81. The maximum Gasteiger partial charge on any atom is 0.221 e. The van der Waals surface area contributed by atoms with E-state index in [9.17, 15) is 0 Å². The number of nitrogens with zero attached hydrogens (tertiary/aromatic N) is 2. The summed E-state index contributed by atoms with van der Waals surface area (Å²) in [5.74, 6) is 1.10. The maximum atomic E-state index is 5.48. The Kier molecular flexibility index (Phi) is 3.01. The molecule has 5 heteroatoms. The van der Waals surface area contributed by atoms with Gasteiger partial charge in [-0.3, -0.25) is 0 Å². The van der Waals surface area contributed by atoms with E-state index in [0.717, 1.165) is 25.3 Å². The predicted molar refractivity (Wildman–Crippen MR) is 58.5 cm³/mol. The molecule has 82 valence electrons. The molecule has 1 aliphatic carbocycles. The van der Waals surface area contributed by atoms with Crippen LogP contribution in [0.1, 0.15) is 19.8 Å². The first-order valence-corrected chi connectivity index (χ1v) is 5.24. The molecule has 1 aliphatic rings. The van der Waals surface area contributed by atoms with E-state index < -0.39 is 0 Å². The molecule has 1 heterocycles. The van der Waals surface area contributed by atoms with Crippen molar-refractivity contribution in [3.63, 3.8) is 0 Å². The summed E-state index contributed by atoms with van der Waals surface area (Å²) in [5.41, 5.74) is 5.48. The lowest BCUT2D eigenvalue weighted by Gasteiger charge is -2.35. The van der Waals surface area contributed by atoms with Crippen LogP contribution in [-0.4, -0.2) is 28.7 Å². The number of ether oxygens (including phenoxy) is 1. The zero-order valence-electron chi connectivity index (χ0n) is 8.81. The van der Waals surface area contributed by atoms with E-state index in [1.807, 2.05) is 13.0 Å². The van der Waals surface area contributed by atoms with E-state index in [1.54, 1.807) is 6.20 Å². The van der Waals surface area contributed by atoms with E-state index in [0.29, 0.717) is 18.1 Å². The summed E-state index contributed by atoms with van der Waals surface area (Å²) >= 11 is 0. The molecule has 1 aromatic heterocycles. The Bertz CT molecular complexity index is 325. The van der Waals surface area contributed by atoms with E-state index in [2.05, 4.69) is 15.3 Å². The van der Waals surface area contributed by atoms with E-state index >= 15 is 0 Å². The van der Waals surface area contributed by atoms with E-state index in [-0.39, 0.29) is 0 Å². The Balaban J connectivity index is 1.80. The molecular weight excluding hydrogens is 192 g/mol. The van der Waals surface area contributed by atoms with Crippen molar-refractivity contribution < 1.29 is 4.74 Å². The van der Waals surface area contributed by atoms with Gasteiger partial charge in [-0.05, 0) is 25.8 Å². The highest BCUT2D eigenvalue weighted by Gasteiger charge is 2.29.